The number of para-hydroxylation sites is 3. The molecule has 0 spiro atoms. The highest BCUT2D eigenvalue weighted by molar-refractivity contribution is 6.10. The lowest BCUT2D eigenvalue weighted by Crippen LogP contribution is -2.11. The van der Waals surface area contributed by atoms with Gasteiger partial charge in [0.15, 0.2) is 5.58 Å². The van der Waals surface area contributed by atoms with Gasteiger partial charge in [0.1, 0.15) is 11.7 Å². The lowest BCUT2D eigenvalue weighted by atomic mass is 9.86. The largest absolute Gasteiger partial charge is 0.454 e. The minimum Gasteiger partial charge on any atom is -0.454 e. The zero-order valence-corrected chi connectivity index (χ0v) is 16.1. The summed E-state index contributed by atoms with van der Waals surface area (Å²) in [5, 5.41) is 11.7. The number of fused-ring (bicyclic) bond motifs is 3. The topological polar surface area (TPSA) is 40.2 Å². The second-order valence-corrected chi connectivity index (χ2v) is 7.88. The number of hydrogen-bond donors (Lipinski definition) is 0. The van der Waals surface area contributed by atoms with Gasteiger partial charge in [-0.2, -0.15) is 5.26 Å². The Balaban J connectivity index is 1.99. The van der Waals surface area contributed by atoms with Crippen molar-refractivity contribution in [2.75, 3.05) is 11.9 Å². The van der Waals surface area contributed by atoms with E-state index in [-0.39, 0.29) is 5.41 Å². The molecule has 0 radical (unpaired) electrons. The van der Waals surface area contributed by atoms with Crippen molar-refractivity contribution in [3.8, 4) is 6.07 Å². The Hall–Kier alpha value is -3.25. The molecule has 0 unspecified atom stereocenters. The summed E-state index contributed by atoms with van der Waals surface area (Å²) in [5.74, 6) is 0. The van der Waals surface area contributed by atoms with Crippen LogP contribution in [0.4, 0.5) is 11.4 Å². The van der Waals surface area contributed by atoms with Crippen molar-refractivity contribution in [1.82, 2.24) is 0 Å². The molecule has 4 rings (SSSR count). The molecule has 3 heteroatoms. The van der Waals surface area contributed by atoms with Crippen molar-refractivity contribution in [3.63, 3.8) is 0 Å². The Bertz CT molecular complexity index is 1190. The summed E-state index contributed by atoms with van der Waals surface area (Å²) in [6.45, 7) is 6.60. The average molecular weight is 354 g/mol. The van der Waals surface area contributed by atoms with E-state index in [4.69, 9.17) is 4.42 Å². The summed E-state index contributed by atoms with van der Waals surface area (Å²) in [7, 11) is 1.98. The predicted octanol–water partition coefficient (Wildman–Crippen LogP) is 6.52. The van der Waals surface area contributed by atoms with E-state index in [1.165, 1.54) is 5.56 Å². The maximum absolute atomic E-state index is 9.47. The Morgan fingerprint density at radius 3 is 2.15 bits per heavy atom. The van der Waals surface area contributed by atoms with Gasteiger partial charge in [-0.15, -0.1) is 0 Å². The number of nitriles is 1. The van der Waals surface area contributed by atoms with Gasteiger partial charge in [-0.25, -0.2) is 0 Å². The molecule has 0 aliphatic rings. The zero-order valence-electron chi connectivity index (χ0n) is 16.1. The average Bonchev–Trinajstić information content (AvgIpc) is 3.05. The highest BCUT2D eigenvalue weighted by Gasteiger charge is 2.22. The van der Waals surface area contributed by atoms with E-state index in [1.54, 1.807) is 0 Å². The predicted molar refractivity (Wildman–Crippen MR) is 112 cm³/mol. The second kappa shape index (κ2) is 6.17. The van der Waals surface area contributed by atoms with Gasteiger partial charge in [-0.1, -0.05) is 63.2 Å². The van der Waals surface area contributed by atoms with Gasteiger partial charge in [0.25, 0.3) is 0 Å². The third-order valence-electron chi connectivity index (χ3n) is 5.06. The lowest BCUT2D eigenvalue weighted by Gasteiger charge is -2.20. The number of furan rings is 1. The van der Waals surface area contributed by atoms with Crippen LogP contribution in [0.5, 0.6) is 0 Å². The molecule has 0 bridgehead atoms. The maximum atomic E-state index is 9.47. The normalized spacial score (nSPS) is 11.7. The molecule has 4 aromatic rings. The molecule has 3 nitrogen and oxygen atoms in total. The third kappa shape index (κ3) is 2.74. The van der Waals surface area contributed by atoms with Crippen LogP contribution in [0.3, 0.4) is 0 Å². The molecule has 27 heavy (non-hydrogen) atoms. The quantitative estimate of drug-likeness (QED) is 0.411. The molecule has 0 N–H and O–H groups in total. The first kappa shape index (κ1) is 17.2. The van der Waals surface area contributed by atoms with Crippen molar-refractivity contribution in [1.29, 1.82) is 5.26 Å². The summed E-state index contributed by atoms with van der Waals surface area (Å²) in [4.78, 5) is 2.03. The molecular formula is C24H22N2O. The number of rotatable bonds is 2. The molecule has 0 aliphatic carbocycles. The first-order valence-corrected chi connectivity index (χ1v) is 9.09. The summed E-state index contributed by atoms with van der Waals surface area (Å²) < 4.78 is 6.43. The monoisotopic (exact) mass is 354 g/mol. The van der Waals surface area contributed by atoms with Crippen LogP contribution in [0, 0.1) is 11.3 Å². The second-order valence-electron chi connectivity index (χ2n) is 7.88. The van der Waals surface area contributed by atoms with Crippen LogP contribution in [0.25, 0.3) is 21.9 Å². The highest BCUT2D eigenvalue weighted by atomic mass is 16.3. The van der Waals surface area contributed by atoms with Crippen molar-refractivity contribution >= 4 is 33.3 Å². The minimum absolute atomic E-state index is 0.00708. The highest BCUT2D eigenvalue weighted by Crippen LogP contribution is 2.41. The van der Waals surface area contributed by atoms with E-state index in [0.717, 1.165) is 33.3 Å². The minimum atomic E-state index is -0.00708. The van der Waals surface area contributed by atoms with E-state index in [2.05, 4.69) is 51.1 Å². The van der Waals surface area contributed by atoms with E-state index in [9.17, 15) is 5.26 Å². The van der Waals surface area contributed by atoms with Gasteiger partial charge in [0, 0.05) is 23.4 Å². The molecule has 0 atom stereocenters. The zero-order chi connectivity index (χ0) is 19.2. The van der Waals surface area contributed by atoms with Crippen LogP contribution in [0.15, 0.2) is 65.1 Å². The standard InChI is InChI=1S/C24H22N2O/c1-24(2,3)19-12-7-10-17-18-11-8-14-21(23(18)27-22(17)19)26(4)20-13-6-5-9-16(20)15-25/h5-14H,1-4H3. The summed E-state index contributed by atoms with van der Waals surface area (Å²) in [6.07, 6.45) is 0. The SMILES string of the molecule is CN(c1ccccc1C#N)c1cccc2c1oc1c(C(C)(C)C)cccc12. The summed E-state index contributed by atoms with van der Waals surface area (Å²) in [6, 6.07) is 22.4. The van der Waals surface area contributed by atoms with E-state index in [1.807, 2.05) is 48.3 Å². The number of nitrogens with zero attached hydrogens (tertiary/aromatic N) is 2. The first-order chi connectivity index (χ1) is 12.9. The molecule has 1 heterocycles. The van der Waals surface area contributed by atoms with Gasteiger partial charge >= 0.3 is 0 Å². The summed E-state index contributed by atoms with van der Waals surface area (Å²) in [5.41, 5.74) is 5.43. The molecule has 0 saturated heterocycles. The van der Waals surface area contributed by atoms with E-state index < -0.39 is 0 Å². The van der Waals surface area contributed by atoms with Crippen LogP contribution in [-0.2, 0) is 5.41 Å². The van der Waals surface area contributed by atoms with Gasteiger partial charge in [0.05, 0.1) is 16.9 Å². The molecule has 0 amide bonds. The van der Waals surface area contributed by atoms with Crippen molar-refractivity contribution in [2.45, 2.75) is 26.2 Å². The molecular weight excluding hydrogens is 332 g/mol. The first-order valence-electron chi connectivity index (χ1n) is 9.09. The van der Waals surface area contributed by atoms with Crippen LogP contribution < -0.4 is 4.90 Å². The lowest BCUT2D eigenvalue weighted by molar-refractivity contribution is 0.573. The van der Waals surface area contributed by atoms with E-state index >= 15 is 0 Å². The van der Waals surface area contributed by atoms with Crippen LogP contribution in [0.2, 0.25) is 0 Å². The Morgan fingerprint density at radius 1 is 0.815 bits per heavy atom. The smallest absolute Gasteiger partial charge is 0.159 e. The Kier molecular flexibility index (Phi) is 3.93. The fraction of sp³-hybridized carbons (Fsp3) is 0.208. The fourth-order valence-electron chi connectivity index (χ4n) is 3.65. The van der Waals surface area contributed by atoms with Crippen molar-refractivity contribution < 1.29 is 4.42 Å². The summed E-state index contributed by atoms with van der Waals surface area (Å²) >= 11 is 0. The van der Waals surface area contributed by atoms with Crippen LogP contribution >= 0.6 is 0 Å². The molecule has 1 aromatic heterocycles. The van der Waals surface area contributed by atoms with E-state index in [0.29, 0.717) is 5.56 Å². The van der Waals surface area contributed by atoms with Crippen molar-refractivity contribution in [3.05, 3.63) is 71.8 Å². The van der Waals surface area contributed by atoms with Gasteiger partial charge in [0.2, 0.25) is 0 Å². The Morgan fingerprint density at radius 2 is 1.44 bits per heavy atom. The van der Waals surface area contributed by atoms with Crippen LogP contribution in [0.1, 0.15) is 31.9 Å². The molecule has 0 aliphatic heterocycles. The molecule has 0 saturated carbocycles. The number of benzene rings is 3. The maximum Gasteiger partial charge on any atom is 0.159 e. The van der Waals surface area contributed by atoms with Gasteiger partial charge in [-0.3, -0.25) is 0 Å². The van der Waals surface area contributed by atoms with Crippen molar-refractivity contribution in [2.24, 2.45) is 0 Å². The number of anilines is 2. The molecule has 3 aromatic carbocycles. The van der Waals surface area contributed by atoms with Crippen LogP contribution in [-0.4, -0.2) is 7.05 Å². The fourth-order valence-corrected chi connectivity index (χ4v) is 3.65. The third-order valence-corrected chi connectivity index (χ3v) is 5.06. The van der Waals surface area contributed by atoms with Gasteiger partial charge < -0.3 is 9.32 Å². The molecule has 0 fully saturated rings. The Labute approximate surface area is 159 Å². The number of hydrogen-bond acceptors (Lipinski definition) is 3. The van der Waals surface area contributed by atoms with Gasteiger partial charge in [-0.05, 0) is 23.6 Å². The molecule has 134 valence electrons.